The summed E-state index contributed by atoms with van der Waals surface area (Å²) in [5, 5.41) is 3.07. The number of rotatable bonds is 10. The number of hydrogen-bond donors (Lipinski definition) is 1. The minimum Gasteiger partial charge on any atom is -0.333 e. The van der Waals surface area contributed by atoms with E-state index < -0.39 is 9.84 Å². The van der Waals surface area contributed by atoms with Gasteiger partial charge in [0.1, 0.15) is 0 Å². The summed E-state index contributed by atoms with van der Waals surface area (Å²) in [6, 6.07) is 8.93. The van der Waals surface area contributed by atoms with Crippen molar-refractivity contribution in [3.05, 3.63) is 47.8 Å². The van der Waals surface area contributed by atoms with Crippen molar-refractivity contribution in [3.63, 3.8) is 0 Å². The Bertz CT molecular complexity index is 1010. The molecule has 184 valence electrons. The third-order valence-corrected chi connectivity index (χ3v) is 6.46. The molecule has 9 heteroatoms. The molecule has 0 atom stereocenters. The van der Waals surface area contributed by atoms with Crippen molar-refractivity contribution in [2.45, 2.75) is 64.2 Å². The molecule has 1 aromatic heterocycles. The molecule has 8 nitrogen and oxygen atoms in total. The molecule has 33 heavy (non-hydrogen) atoms. The Morgan fingerprint density at radius 1 is 1.12 bits per heavy atom. The van der Waals surface area contributed by atoms with Crippen LogP contribution in [0, 0.1) is 5.92 Å². The van der Waals surface area contributed by atoms with Crippen LogP contribution in [0.4, 0.5) is 4.79 Å². The number of nitrogens with zero attached hydrogens (tertiary/aromatic N) is 4. The smallest absolute Gasteiger partial charge is 0.318 e. The second-order valence-electron chi connectivity index (χ2n) is 10.2. The van der Waals surface area contributed by atoms with Gasteiger partial charge in [0.2, 0.25) is 15.0 Å². The van der Waals surface area contributed by atoms with Crippen LogP contribution in [0.1, 0.15) is 45.9 Å². The average molecular weight is 478 g/mol. The van der Waals surface area contributed by atoms with Crippen LogP contribution in [0.3, 0.4) is 0 Å². The maximum Gasteiger partial charge on any atom is 0.318 e. The highest BCUT2D eigenvalue weighted by Crippen LogP contribution is 2.20. The first-order chi connectivity index (χ1) is 15.3. The largest absolute Gasteiger partial charge is 0.333 e. The molecule has 0 fully saturated rings. The molecular weight excluding hydrogens is 438 g/mol. The molecule has 0 saturated carbocycles. The predicted octanol–water partition coefficient (Wildman–Crippen LogP) is 3.38. The zero-order valence-corrected chi connectivity index (χ0v) is 21.8. The minimum atomic E-state index is -3.65. The van der Waals surface area contributed by atoms with Gasteiger partial charge in [0, 0.05) is 25.2 Å². The first-order valence-corrected chi connectivity index (χ1v) is 13.0. The maximum absolute atomic E-state index is 13.3. The molecule has 0 saturated heterocycles. The zero-order valence-electron chi connectivity index (χ0n) is 21.0. The lowest BCUT2D eigenvalue weighted by Crippen LogP contribution is -2.49. The molecule has 1 heterocycles. The highest BCUT2D eigenvalue weighted by atomic mass is 32.2. The van der Waals surface area contributed by atoms with E-state index in [1.807, 2.05) is 71.8 Å². The fourth-order valence-corrected chi connectivity index (χ4v) is 4.85. The molecule has 2 aromatic rings. The van der Waals surface area contributed by atoms with Crippen LogP contribution in [-0.4, -0.2) is 66.5 Å². The van der Waals surface area contributed by atoms with E-state index in [1.54, 1.807) is 27.8 Å². The van der Waals surface area contributed by atoms with Gasteiger partial charge in [-0.05, 0) is 46.3 Å². The van der Waals surface area contributed by atoms with Crippen LogP contribution in [0.15, 0.2) is 41.7 Å². The van der Waals surface area contributed by atoms with Gasteiger partial charge >= 0.3 is 6.03 Å². The SMILES string of the molecule is CC(C)Cn1c(CN(CCN(C)C)C(=O)NC(C)(C)C)cnc1S(=O)(=O)Cc1ccccc1. The Labute approximate surface area is 198 Å². The van der Waals surface area contributed by atoms with E-state index >= 15 is 0 Å². The lowest BCUT2D eigenvalue weighted by atomic mass is 10.1. The van der Waals surface area contributed by atoms with Gasteiger partial charge in [-0.25, -0.2) is 18.2 Å². The quantitative estimate of drug-likeness (QED) is 0.567. The molecule has 0 aliphatic rings. The summed E-state index contributed by atoms with van der Waals surface area (Å²) in [5.74, 6) is 0.0966. The van der Waals surface area contributed by atoms with Crippen molar-refractivity contribution in [1.29, 1.82) is 0 Å². The van der Waals surface area contributed by atoms with E-state index in [-0.39, 0.29) is 34.9 Å². The summed E-state index contributed by atoms with van der Waals surface area (Å²) in [5.41, 5.74) is 1.05. The molecule has 2 amide bonds. The summed E-state index contributed by atoms with van der Waals surface area (Å²) in [4.78, 5) is 21.1. The standard InChI is InChI=1S/C24H39N5O3S/c1-19(2)16-29-21(17-28(14-13-27(6)7)22(30)26-24(3,4)5)15-25-23(29)33(31,32)18-20-11-9-8-10-12-20/h8-12,15,19H,13-14,16-18H2,1-7H3,(H,26,30). The summed E-state index contributed by atoms with van der Waals surface area (Å²) in [7, 11) is 0.256. The van der Waals surface area contributed by atoms with Crippen molar-refractivity contribution in [2.75, 3.05) is 27.2 Å². The fraction of sp³-hybridized carbons (Fsp3) is 0.583. The number of benzene rings is 1. The number of nitrogens with one attached hydrogen (secondary N) is 1. The number of amides is 2. The van der Waals surface area contributed by atoms with E-state index in [0.717, 1.165) is 5.56 Å². The van der Waals surface area contributed by atoms with Gasteiger partial charge in [0.25, 0.3) is 0 Å². The molecular formula is C24H39N5O3S. The van der Waals surface area contributed by atoms with Crippen molar-refractivity contribution in [3.8, 4) is 0 Å². The van der Waals surface area contributed by atoms with Gasteiger partial charge in [-0.15, -0.1) is 0 Å². The molecule has 1 N–H and O–H groups in total. The molecule has 2 rings (SSSR count). The van der Waals surface area contributed by atoms with Crippen LogP contribution >= 0.6 is 0 Å². The Balaban J connectivity index is 2.39. The van der Waals surface area contributed by atoms with Gasteiger partial charge in [0.05, 0.1) is 24.2 Å². The molecule has 0 aliphatic heterocycles. The average Bonchev–Trinajstić information content (AvgIpc) is 3.06. The van der Waals surface area contributed by atoms with E-state index in [0.29, 0.717) is 25.3 Å². The van der Waals surface area contributed by atoms with Crippen LogP contribution in [0.2, 0.25) is 0 Å². The summed E-state index contributed by atoms with van der Waals surface area (Å²) < 4.78 is 28.3. The van der Waals surface area contributed by atoms with Crippen LogP contribution in [-0.2, 0) is 28.7 Å². The normalized spacial score (nSPS) is 12.4. The van der Waals surface area contributed by atoms with Gasteiger partial charge in [-0.3, -0.25) is 0 Å². The fourth-order valence-electron chi connectivity index (χ4n) is 3.35. The third-order valence-electron chi connectivity index (χ3n) is 4.87. The Morgan fingerprint density at radius 3 is 2.30 bits per heavy atom. The van der Waals surface area contributed by atoms with Crippen molar-refractivity contribution < 1.29 is 13.2 Å². The Hall–Kier alpha value is -2.39. The minimum absolute atomic E-state index is 0.0545. The van der Waals surface area contributed by atoms with Crippen molar-refractivity contribution in [2.24, 2.45) is 5.92 Å². The number of aromatic nitrogens is 2. The monoisotopic (exact) mass is 477 g/mol. The Morgan fingerprint density at radius 2 is 1.76 bits per heavy atom. The number of likely N-dealkylation sites (N-methyl/N-ethyl adjacent to an activating group) is 1. The summed E-state index contributed by atoms with van der Waals surface area (Å²) in [6.07, 6.45) is 1.59. The van der Waals surface area contributed by atoms with E-state index in [4.69, 9.17) is 0 Å². The van der Waals surface area contributed by atoms with Crippen LogP contribution in [0.5, 0.6) is 0 Å². The van der Waals surface area contributed by atoms with E-state index in [2.05, 4.69) is 10.3 Å². The maximum atomic E-state index is 13.3. The van der Waals surface area contributed by atoms with Crippen molar-refractivity contribution in [1.82, 2.24) is 24.7 Å². The lowest BCUT2D eigenvalue weighted by molar-refractivity contribution is 0.178. The van der Waals surface area contributed by atoms with E-state index in [9.17, 15) is 13.2 Å². The van der Waals surface area contributed by atoms with E-state index in [1.165, 1.54) is 0 Å². The molecule has 1 aromatic carbocycles. The summed E-state index contributed by atoms with van der Waals surface area (Å²) in [6.45, 7) is 11.9. The molecule has 0 aliphatic carbocycles. The van der Waals surface area contributed by atoms with Gasteiger partial charge in [0.15, 0.2) is 0 Å². The number of carbonyl (C=O) groups is 1. The highest BCUT2D eigenvalue weighted by Gasteiger charge is 2.27. The molecule has 0 spiro atoms. The highest BCUT2D eigenvalue weighted by molar-refractivity contribution is 7.90. The number of sulfone groups is 1. The molecule has 0 radical (unpaired) electrons. The van der Waals surface area contributed by atoms with Gasteiger partial charge < -0.3 is 19.7 Å². The topological polar surface area (TPSA) is 87.5 Å². The number of hydrogen-bond acceptors (Lipinski definition) is 5. The number of carbonyl (C=O) groups excluding carboxylic acids is 1. The second-order valence-corrected chi connectivity index (χ2v) is 12.1. The molecule has 0 bridgehead atoms. The lowest BCUT2D eigenvalue weighted by Gasteiger charge is -2.29. The third kappa shape index (κ3) is 8.47. The number of imidazole rings is 1. The van der Waals surface area contributed by atoms with Gasteiger partial charge in [-0.1, -0.05) is 44.2 Å². The summed E-state index contributed by atoms with van der Waals surface area (Å²) >= 11 is 0. The second kappa shape index (κ2) is 11.2. The van der Waals surface area contributed by atoms with Crippen LogP contribution < -0.4 is 5.32 Å². The Kier molecular flexibility index (Phi) is 9.08. The van der Waals surface area contributed by atoms with Crippen molar-refractivity contribution >= 4 is 15.9 Å². The zero-order chi connectivity index (χ0) is 24.8. The predicted molar refractivity (Wildman–Crippen MR) is 132 cm³/mol. The first-order valence-electron chi connectivity index (χ1n) is 11.3. The first kappa shape index (κ1) is 26.9. The van der Waals surface area contributed by atoms with Crippen LogP contribution in [0.25, 0.3) is 0 Å². The molecule has 0 unspecified atom stereocenters. The number of urea groups is 1. The van der Waals surface area contributed by atoms with Gasteiger partial charge in [-0.2, -0.15) is 0 Å².